The molecule has 2 rings (SSSR count). The Kier molecular flexibility index (Phi) is 5.52. The second-order valence-corrected chi connectivity index (χ2v) is 6.16. The van der Waals surface area contributed by atoms with Gasteiger partial charge in [-0.05, 0) is 30.7 Å². The summed E-state index contributed by atoms with van der Waals surface area (Å²) >= 11 is 1.59. The second-order valence-electron chi connectivity index (χ2n) is 5.10. The third kappa shape index (κ3) is 4.15. The number of hydrogen-bond acceptors (Lipinski definition) is 6. The Morgan fingerprint density at radius 2 is 1.90 bits per heavy atom. The maximum atomic E-state index is 5.32. The van der Waals surface area contributed by atoms with Crippen LogP contribution in [0, 0.1) is 5.92 Å². The van der Waals surface area contributed by atoms with Crippen LogP contribution in [0.1, 0.15) is 18.9 Å². The van der Waals surface area contributed by atoms with E-state index in [0.717, 1.165) is 28.7 Å². The average Bonchev–Trinajstić information content (AvgIpc) is 2.95. The number of methoxy groups -OCH3 is 2. The van der Waals surface area contributed by atoms with Crippen molar-refractivity contribution in [2.45, 2.75) is 20.4 Å². The standard InChI is InChI=1S/C15H21N3O2S/c1-10(2)8-16-9-14-17-18-15(21-14)11-5-6-12(19-3)13(7-11)20-4/h5-7,10,16H,8-9H2,1-4H3. The van der Waals surface area contributed by atoms with Crippen molar-refractivity contribution in [1.82, 2.24) is 15.5 Å². The van der Waals surface area contributed by atoms with Crippen molar-refractivity contribution in [3.63, 3.8) is 0 Å². The van der Waals surface area contributed by atoms with Gasteiger partial charge in [0.25, 0.3) is 0 Å². The van der Waals surface area contributed by atoms with E-state index >= 15 is 0 Å². The molecule has 0 aliphatic heterocycles. The molecule has 1 N–H and O–H groups in total. The zero-order valence-corrected chi connectivity index (χ0v) is 13.7. The van der Waals surface area contributed by atoms with E-state index in [1.165, 1.54) is 0 Å². The lowest BCUT2D eigenvalue weighted by atomic mass is 10.2. The van der Waals surface area contributed by atoms with Crippen LogP contribution >= 0.6 is 11.3 Å². The van der Waals surface area contributed by atoms with E-state index in [9.17, 15) is 0 Å². The van der Waals surface area contributed by atoms with Crippen molar-refractivity contribution < 1.29 is 9.47 Å². The first kappa shape index (κ1) is 15.7. The molecular weight excluding hydrogens is 286 g/mol. The van der Waals surface area contributed by atoms with E-state index in [-0.39, 0.29) is 0 Å². The highest BCUT2D eigenvalue weighted by Crippen LogP contribution is 2.33. The summed E-state index contributed by atoms with van der Waals surface area (Å²) in [6.45, 7) is 6.10. The molecule has 0 aliphatic rings. The van der Waals surface area contributed by atoms with E-state index < -0.39 is 0 Å². The fourth-order valence-electron chi connectivity index (χ4n) is 1.88. The lowest BCUT2D eigenvalue weighted by Gasteiger charge is -2.07. The van der Waals surface area contributed by atoms with Gasteiger partial charge in [-0.2, -0.15) is 0 Å². The Morgan fingerprint density at radius 3 is 2.57 bits per heavy atom. The predicted octanol–water partition coefficient (Wildman–Crippen LogP) is 2.97. The van der Waals surface area contributed by atoms with Gasteiger partial charge in [0.2, 0.25) is 0 Å². The van der Waals surface area contributed by atoms with Crippen LogP contribution in [0.3, 0.4) is 0 Å². The van der Waals surface area contributed by atoms with Gasteiger partial charge in [-0.3, -0.25) is 0 Å². The summed E-state index contributed by atoms with van der Waals surface area (Å²) in [4.78, 5) is 0. The highest BCUT2D eigenvalue weighted by atomic mass is 32.1. The molecule has 0 saturated carbocycles. The molecule has 6 heteroatoms. The van der Waals surface area contributed by atoms with Crippen molar-refractivity contribution in [2.75, 3.05) is 20.8 Å². The van der Waals surface area contributed by atoms with Crippen LogP contribution in [0.25, 0.3) is 10.6 Å². The quantitative estimate of drug-likeness (QED) is 0.852. The average molecular weight is 307 g/mol. The van der Waals surface area contributed by atoms with Crippen molar-refractivity contribution in [2.24, 2.45) is 5.92 Å². The van der Waals surface area contributed by atoms with Crippen LogP contribution in [-0.4, -0.2) is 31.0 Å². The molecule has 0 unspecified atom stereocenters. The highest BCUT2D eigenvalue weighted by Gasteiger charge is 2.10. The summed E-state index contributed by atoms with van der Waals surface area (Å²) in [6.07, 6.45) is 0. The molecule has 1 aromatic heterocycles. The largest absolute Gasteiger partial charge is 0.493 e. The van der Waals surface area contributed by atoms with Gasteiger partial charge >= 0.3 is 0 Å². The van der Waals surface area contributed by atoms with Crippen molar-refractivity contribution in [3.05, 3.63) is 23.2 Å². The Bertz CT molecular complexity index is 584. The third-order valence-electron chi connectivity index (χ3n) is 2.93. The Morgan fingerprint density at radius 1 is 1.14 bits per heavy atom. The number of ether oxygens (including phenoxy) is 2. The molecule has 0 bridgehead atoms. The van der Waals surface area contributed by atoms with Crippen LogP contribution in [0.15, 0.2) is 18.2 Å². The van der Waals surface area contributed by atoms with Crippen LogP contribution in [0.4, 0.5) is 0 Å². The minimum Gasteiger partial charge on any atom is -0.493 e. The molecule has 0 atom stereocenters. The molecule has 0 radical (unpaired) electrons. The number of aromatic nitrogens is 2. The smallest absolute Gasteiger partial charge is 0.161 e. The third-order valence-corrected chi connectivity index (χ3v) is 3.90. The van der Waals surface area contributed by atoms with E-state index in [4.69, 9.17) is 9.47 Å². The first-order chi connectivity index (χ1) is 10.1. The van der Waals surface area contributed by atoms with Crippen LogP contribution < -0.4 is 14.8 Å². The van der Waals surface area contributed by atoms with Crippen LogP contribution in [-0.2, 0) is 6.54 Å². The molecule has 21 heavy (non-hydrogen) atoms. The maximum Gasteiger partial charge on any atom is 0.161 e. The maximum absolute atomic E-state index is 5.32. The topological polar surface area (TPSA) is 56.3 Å². The summed E-state index contributed by atoms with van der Waals surface area (Å²) in [6, 6.07) is 5.77. The summed E-state index contributed by atoms with van der Waals surface area (Å²) in [7, 11) is 3.25. The summed E-state index contributed by atoms with van der Waals surface area (Å²) in [5.74, 6) is 2.04. The highest BCUT2D eigenvalue weighted by molar-refractivity contribution is 7.14. The predicted molar refractivity (Wildman–Crippen MR) is 85.0 cm³/mol. The van der Waals surface area contributed by atoms with Crippen molar-refractivity contribution in [1.29, 1.82) is 0 Å². The molecule has 5 nitrogen and oxygen atoms in total. The number of hydrogen-bond donors (Lipinski definition) is 1. The van der Waals surface area contributed by atoms with Crippen molar-refractivity contribution >= 4 is 11.3 Å². The fourth-order valence-corrected chi connectivity index (χ4v) is 2.68. The molecule has 0 fully saturated rings. The number of nitrogens with zero attached hydrogens (tertiary/aromatic N) is 2. The van der Waals surface area contributed by atoms with Crippen LogP contribution in [0.5, 0.6) is 11.5 Å². The Balaban J connectivity index is 2.10. The van der Waals surface area contributed by atoms with Crippen molar-refractivity contribution in [3.8, 4) is 22.1 Å². The van der Waals surface area contributed by atoms with Gasteiger partial charge in [0.1, 0.15) is 10.0 Å². The molecule has 2 aromatic rings. The normalized spacial score (nSPS) is 10.9. The Hall–Kier alpha value is -1.66. The molecule has 114 valence electrons. The number of nitrogens with one attached hydrogen (secondary N) is 1. The number of rotatable bonds is 7. The Labute approximate surface area is 129 Å². The van der Waals surface area contributed by atoms with Gasteiger partial charge in [0.05, 0.1) is 14.2 Å². The first-order valence-electron chi connectivity index (χ1n) is 6.89. The minimum absolute atomic E-state index is 0.628. The second kappa shape index (κ2) is 7.38. The lowest BCUT2D eigenvalue weighted by molar-refractivity contribution is 0.355. The van der Waals surface area contributed by atoms with E-state index in [1.54, 1.807) is 25.6 Å². The van der Waals surface area contributed by atoms with E-state index in [2.05, 4.69) is 29.4 Å². The van der Waals surface area contributed by atoms with Gasteiger partial charge in [0.15, 0.2) is 11.5 Å². The summed E-state index contributed by atoms with van der Waals surface area (Å²) in [5.41, 5.74) is 0.986. The first-order valence-corrected chi connectivity index (χ1v) is 7.71. The lowest BCUT2D eigenvalue weighted by Crippen LogP contribution is -2.18. The van der Waals surface area contributed by atoms with Crippen LogP contribution in [0.2, 0.25) is 0 Å². The molecule has 0 aliphatic carbocycles. The molecule has 0 amide bonds. The SMILES string of the molecule is COc1ccc(-c2nnc(CNCC(C)C)s2)cc1OC. The molecule has 1 aromatic carbocycles. The van der Waals surface area contributed by atoms with Gasteiger partial charge in [-0.1, -0.05) is 25.2 Å². The minimum atomic E-state index is 0.628. The van der Waals surface area contributed by atoms with Gasteiger partial charge in [0, 0.05) is 12.1 Å². The zero-order chi connectivity index (χ0) is 15.2. The van der Waals surface area contributed by atoms with E-state index in [0.29, 0.717) is 17.4 Å². The van der Waals surface area contributed by atoms with E-state index in [1.807, 2.05) is 18.2 Å². The van der Waals surface area contributed by atoms with Gasteiger partial charge in [-0.15, -0.1) is 10.2 Å². The zero-order valence-electron chi connectivity index (χ0n) is 12.8. The molecule has 0 spiro atoms. The summed E-state index contributed by atoms with van der Waals surface area (Å²) < 4.78 is 10.6. The van der Waals surface area contributed by atoms with Gasteiger partial charge < -0.3 is 14.8 Å². The summed E-state index contributed by atoms with van der Waals surface area (Å²) in [5, 5.41) is 13.7. The molecule has 1 heterocycles. The fraction of sp³-hybridized carbons (Fsp3) is 0.467. The molecular formula is C15H21N3O2S. The molecule has 0 saturated heterocycles. The monoisotopic (exact) mass is 307 g/mol. The number of benzene rings is 1. The van der Waals surface area contributed by atoms with Gasteiger partial charge in [-0.25, -0.2) is 0 Å².